The molecule has 108 valence electrons. The fraction of sp³-hybridized carbons (Fsp3) is 0.533. The Kier molecular flexibility index (Phi) is 3.85. The van der Waals surface area contributed by atoms with E-state index in [0.717, 1.165) is 11.3 Å². The first-order valence-corrected chi connectivity index (χ1v) is 7.45. The second-order valence-corrected chi connectivity index (χ2v) is 5.69. The van der Waals surface area contributed by atoms with Crippen molar-refractivity contribution in [2.45, 2.75) is 31.7 Å². The van der Waals surface area contributed by atoms with Gasteiger partial charge in [-0.3, -0.25) is 4.79 Å². The van der Waals surface area contributed by atoms with Gasteiger partial charge in [0.05, 0.1) is 18.1 Å². The zero-order valence-corrected chi connectivity index (χ0v) is 12.2. The van der Waals surface area contributed by atoms with Gasteiger partial charge in [0.25, 0.3) is 5.91 Å². The summed E-state index contributed by atoms with van der Waals surface area (Å²) in [5.41, 5.74) is 1.10. The fourth-order valence-electron chi connectivity index (χ4n) is 2.83. The molecule has 0 aliphatic carbocycles. The lowest BCUT2D eigenvalue weighted by Gasteiger charge is -2.37. The van der Waals surface area contributed by atoms with Crippen LogP contribution >= 0.6 is 11.6 Å². The highest BCUT2D eigenvalue weighted by Gasteiger charge is 2.36. The Morgan fingerprint density at radius 2 is 2.20 bits per heavy atom. The van der Waals surface area contributed by atoms with Gasteiger partial charge in [0.15, 0.2) is 6.10 Å². The maximum atomic E-state index is 12.6. The van der Waals surface area contributed by atoms with Crippen LogP contribution in [0.3, 0.4) is 0 Å². The van der Waals surface area contributed by atoms with Crippen LogP contribution in [0.2, 0.25) is 0 Å². The third kappa shape index (κ3) is 2.63. The molecule has 0 spiro atoms. The highest BCUT2D eigenvalue weighted by atomic mass is 35.5. The third-order valence-corrected chi connectivity index (χ3v) is 4.08. The standard InChI is InChI=1S/C15H18ClNO3/c1-10-8-17(9-12(7-16)19-10)15(18)14-6-11-4-2-3-5-13(11)20-14/h2-5,10,12,14H,6-9H2,1H3. The molecule has 2 aliphatic heterocycles. The lowest BCUT2D eigenvalue weighted by molar-refractivity contribution is -0.149. The van der Waals surface area contributed by atoms with Gasteiger partial charge in [-0.05, 0) is 18.6 Å². The SMILES string of the molecule is CC1CN(C(=O)C2Cc3ccccc3O2)CC(CCl)O1. The summed E-state index contributed by atoms with van der Waals surface area (Å²) in [4.78, 5) is 14.4. The van der Waals surface area contributed by atoms with Gasteiger partial charge in [-0.25, -0.2) is 0 Å². The molecule has 3 atom stereocenters. The van der Waals surface area contributed by atoms with Crippen molar-refractivity contribution in [1.29, 1.82) is 0 Å². The van der Waals surface area contributed by atoms with Gasteiger partial charge < -0.3 is 14.4 Å². The number of amides is 1. The number of ether oxygens (including phenoxy) is 2. The Hall–Kier alpha value is -1.26. The molecule has 1 aromatic rings. The van der Waals surface area contributed by atoms with Gasteiger partial charge in [0, 0.05) is 19.5 Å². The highest BCUT2D eigenvalue weighted by Crippen LogP contribution is 2.29. The Morgan fingerprint density at radius 1 is 1.40 bits per heavy atom. The first-order chi connectivity index (χ1) is 9.67. The van der Waals surface area contributed by atoms with Crippen LogP contribution in [0.15, 0.2) is 24.3 Å². The minimum atomic E-state index is -0.409. The lowest BCUT2D eigenvalue weighted by atomic mass is 10.1. The van der Waals surface area contributed by atoms with Crippen molar-refractivity contribution >= 4 is 17.5 Å². The number of nitrogens with zero attached hydrogens (tertiary/aromatic N) is 1. The molecular weight excluding hydrogens is 278 g/mol. The molecule has 1 aromatic carbocycles. The summed E-state index contributed by atoms with van der Waals surface area (Å²) in [6.45, 7) is 3.11. The largest absolute Gasteiger partial charge is 0.480 e. The van der Waals surface area contributed by atoms with Crippen molar-refractivity contribution < 1.29 is 14.3 Å². The summed E-state index contributed by atoms with van der Waals surface area (Å²) in [7, 11) is 0. The summed E-state index contributed by atoms with van der Waals surface area (Å²) in [6.07, 6.45) is 0.161. The molecular formula is C15H18ClNO3. The number of hydrogen-bond acceptors (Lipinski definition) is 3. The number of fused-ring (bicyclic) bond motifs is 1. The van der Waals surface area contributed by atoms with Gasteiger partial charge >= 0.3 is 0 Å². The molecule has 0 aromatic heterocycles. The maximum absolute atomic E-state index is 12.6. The molecule has 20 heavy (non-hydrogen) atoms. The van der Waals surface area contributed by atoms with Crippen LogP contribution in [-0.2, 0) is 16.0 Å². The van der Waals surface area contributed by atoms with Crippen molar-refractivity contribution in [2.24, 2.45) is 0 Å². The summed E-state index contributed by atoms with van der Waals surface area (Å²) in [6, 6.07) is 7.81. The number of benzene rings is 1. The normalized spacial score (nSPS) is 28.9. The molecule has 0 N–H and O–H groups in total. The van der Waals surface area contributed by atoms with E-state index in [1.165, 1.54) is 0 Å². The smallest absolute Gasteiger partial charge is 0.264 e. The lowest BCUT2D eigenvalue weighted by Crippen LogP contribution is -2.53. The zero-order chi connectivity index (χ0) is 14.1. The predicted molar refractivity (Wildman–Crippen MR) is 76.2 cm³/mol. The zero-order valence-electron chi connectivity index (χ0n) is 11.4. The quantitative estimate of drug-likeness (QED) is 0.782. The van der Waals surface area contributed by atoms with Crippen LogP contribution in [0.1, 0.15) is 12.5 Å². The highest BCUT2D eigenvalue weighted by molar-refractivity contribution is 6.18. The number of halogens is 1. The number of hydrogen-bond donors (Lipinski definition) is 0. The van der Waals surface area contributed by atoms with Crippen LogP contribution in [0.5, 0.6) is 5.75 Å². The van der Waals surface area contributed by atoms with Gasteiger partial charge in [-0.2, -0.15) is 0 Å². The molecule has 1 amide bonds. The van der Waals surface area contributed by atoms with Crippen LogP contribution in [0.4, 0.5) is 0 Å². The molecule has 5 heteroatoms. The molecule has 1 saturated heterocycles. The molecule has 4 nitrogen and oxygen atoms in total. The molecule has 0 saturated carbocycles. The second-order valence-electron chi connectivity index (χ2n) is 5.38. The van der Waals surface area contributed by atoms with E-state index in [4.69, 9.17) is 21.1 Å². The van der Waals surface area contributed by atoms with Crippen molar-refractivity contribution in [3.8, 4) is 5.75 Å². The van der Waals surface area contributed by atoms with E-state index in [0.29, 0.717) is 25.4 Å². The molecule has 0 radical (unpaired) electrons. The second kappa shape index (κ2) is 5.62. The van der Waals surface area contributed by atoms with Crippen molar-refractivity contribution in [1.82, 2.24) is 4.90 Å². The molecule has 2 heterocycles. The van der Waals surface area contributed by atoms with E-state index in [-0.39, 0.29) is 18.1 Å². The fourth-order valence-corrected chi connectivity index (χ4v) is 3.00. The van der Waals surface area contributed by atoms with Crippen molar-refractivity contribution in [3.05, 3.63) is 29.8 Å². The van der Waals surface area contributed by atoms with E-state index in [1.54, 1.807) is 0 Å². The van der Waals surface area contributed by atoms with E-state index in [2.05, 4.69) is 0 Å². The number of rotatable bonds is 2. The van der Waals surface area contributed by atoms with Crippen LogP contribution < -0.4 is 4.74 Å². The number of para-hydroxylation sites is 1. The van der Waals surface area contributed by atoms with Crippen molar-refractivity contribution in [2.75, 3.05) is 19.0 Å². The minimum absolute atomic E-state index is 0.0141. The Morgan fingerprint density at radius 3 is 2.95 bits per heavy atom. The van der Waals surface area contributed by atoms with E-state index in [1.807, 2.05) is 36.1 Å². The number of morpholine rings is 1. The average Bonchev–Trinajstić information content (AvgIpc) is 2.89. The number of alkyl halides is 1. The first-order valence-electron chi connectivity index (χ1n) is 6.92. The van der Waals surface area contributed by atoms with Crippen LogP contribution in [0, 0.1) is 0 Å². The topological polar surface area (TPSA) is 38.8 Å². The van der Waals surface area contributed by atoms with Crippen LogP contribution in [-0.4, -0.2) is 48.1 Å². The van der Waals surface area contributed by atoms with Gasteiger partial charge in [0.1, 0.15) is 5.75 Å². The van der Waals surface area contributed by atoms with E-state index in [9.17, 15) is 4.79 Å². The molecule has 1 fully saturated rings. The number of carbonyl (C=O) groups excluding carboxylic acids is 1. The van der Waals surface area contributed by atoms with E-state index >= 15 is 0 Å². The Balaban J connectivity index is 1.68. The summed E-state index contributed by atoms with van der Waals surface area (Å²) in [5, 5.41) is 0. The third-order valence-electron chi connectivity index (χ3n) is 3.73. The summed E-state index contributed by atoms with van der Waals surface area (Å²) < 4.78 is 11.4. The molecule has 3 unspecified atom stereocenters. The number of carbonyl (C=O) groups is 1. The summed E-state index contributed by atoms with van der Waals surface area (Å²) >= 11 is 5.85. The maximum Gasteiger partial charge on any atom is 0.264 e. The molecule has 3 rings (SSSR count). The molecule has 0 bridgehead atoms. The average molecular weight is 296 g/mol. The summed E-state index contributed by atoms with van der Waals surface area (Å²) in [5.74, 6) is 1.26. The Bertz CT molecular complexity index is 483. The Labute approximate surface area is 123 Å². The van der Waals surface area contributed by atoms with Gasteiger partial charge in [0.2, 0.25) is 0 Å². The van der Waals surface area contributed by atoms with Gasteiger partial charge in [-0.15, -0.1) is 11.6 Å². The molecule has 2 aliphatic rings. The monoisotopic (exact) mass is 295 g/mol. The predicted octanol–water partition coefficient (Wildman–Crippen LogP) is 1.84. The minimum Gasteiger partial charge on any atom is -0.480 e. The van der Waals surface area contributed by atoms with Crippen LogP contribution in [0.25, 0.3) is 0 Å². The van der Waals surface area contributed by atoms with Crippen molar-refractivity contribution in [3.63, 3.8) is 0 Å². The van der Waals surface area contributed by atoms with E-state index < -0.39 is 6.10 Å². The van der Waals surface area contributed by atoms with Gasteiger partial charge in [-0.1, -0.05) is 18.2 Å². The first kappa shape index (κ1) is 13.7.